The van der Waals surface area contributed by atoms with E-state index in [4.69, 9.17) is 10.5 Å². The maximum Gasteiger partial charge on any atom is 0.251 e. The SMILES string of the molecule is COc1cc(/C=C/C(=O)N2CCc3cccc(N)c32)ccc1O. The van der Waals surface area contributed by atoms with Gasteiger partial charge in [-0.3, -0.25) is 4.79 Å². The molecule has 0 fully saturated rings. The number of nitrogens with zero attached hydrogens (tertiary/aromatic N) is 1. The molecule has 0 spiro atoms. The molecule has 0 aliphatic carbocycles. The van der Waals surface area contributed by atoms with Crippen LogP contribution in [-0.4, -0.2) is 24.7 Å². The molecule has 5 nitrogen and oxygen atoms in total. The summed E-state index contributed by atoms with van der Waals surface area (Å²) in [7, 11) is 1.48. The molecule has 1 aliphatic rings. The van der Waals surface area contributed by atoms with Crippen LogP contribution in [0.25, 0.3) is 6.08 Å². The number of nitrogen functional groups attached to an aromatic ring is 1. The highest BCUT2D eigenvalue weighted by Gasteiger charge is 2.24. The molecule has 3 N–H and O–H groups in total. The van der Waals surface area contributed by atoms with E-state index < -0.39 is 0 Å². The van der Waals surface area contributed by atoms with Crippen molar-refractivity contribution in [2.24, 2.45) is 0 Å². The Morgan fingerprint density at radius 3 is 2.96 bits per heavy atom. The lowest BCUT2D eigenvalue weighted by Crippen LogP contribution is -2.27. The topological polar surface area (TPSA) is 75.8 Å². The van der Waals surface area contributed by atoms with Crippen molar-refractivity contribution in [1.29, 1.82) is 0 Å². The fourth-order valence-electron chi connectivity index (χ4n) is 2.76. The minimum Gasteiger partial charge on any atom is -0.504 e. The first-order valence-electron chi connectivity index (χ1n) is 7.34. The van der Waals surface area contributed by atoms with E-state index in [2.05, 4.69) is 0 Å². The van der Waals surface area contributed by atoms with Gasteiger partial charge in [0.05, 0.1) is 18.5 Å². The summed E-state index contributed by atoms with van der Waals surface area (Å²) in [5.41, 5.74) is 9.30. The number of carbonyl (C=O) groups is 1. The standard InChI is InChI=1S/C18H18N2O3/c1-23-16-11-12(5-7-15(16)21)6-8-17(22)20-10-9-13-3-2-4-14(19)18(13)20/h2-8,11,21H,9-10,19H2,1H3/b8-6+. The molecule has 1 aliphatic heterocycles. The number of rotatable bonds is 3. The first-order chi connectivity index (χ1) is 11.1. The molecule has 1 heterocycles. The number of aromatic hydroxyl groups is 1. The third-order valence-corrected chi connectivity index (χ3v) is 3.91. The minimum atomic E-state index is -0.117. The van der Waals surface area contributed by atoms with Crippen molar-refractivity contribution in [3.8, 4) is 11.5 Å². The highest BCUT2D eigenvalue weighted by Crippen LogP contribution is 2.34. The highest BCUT2D eigenvalue weighted by molar-refractivity contribution is 6.07. The molecular formula is C18H18N2O3. The van der Waals surface area contributed by atoms with Gasteiger partial charge in [0, 0.05) is 12.6 Å². The van der Waals surface area contributed by atoms with Gasteiger partial charge in [-0.05, 0) is 41.8 Å². The van der Waals surface area contributed by atoms with E-state index in [9.17, 15) is 9.90 Å². The molecule has 1 amide bonds. The number of hydrogen-bond acceptors (Lipinski definition) is 4. The predicted molar refractivity (Wildman–Crippen MR) is 90.6 cm³/mol. The minimum absolute atomic E-state index is 0.0669. The zero-order chi connectivity index (χ0) is 16.4. The van der Waals surface area contributed by atoms with Crippen LogP contribution in [0.1, 0.15) is 11.1 Å². The molecule has 0 unspecified atom stereocenters. The number of para-hydroxylation sites is 1. The smallest absolute Gasteiger partial charge is 0.251 e. The van der Waals surface area contributed by atoms with Crippen molar-refractivity contribution in [2.75, 3.05) is 24.3 Å². The lowest BCUT2D eigenvalue weighted by Gasteiger charge is -2.17. The van der Waals surface area contributed by atoms with Gasteiger partial charge in [0.1, 0.15) is 0 Å². The molecule has 2 aromatic carbocycles. The number of benzene rings is 2. The van der Waals surface area contributed by atoms with Gasteiger partial charge in [0.15, 0.2) is 11.5 Å². The summed E-state index contributed by atoms with van der Waals surface area (Å²) in [5.74, 6) is 0.321. The Bertz CT molecular complexity index is 784. The zero-order valence-electron chi connectivity index (χ0n) is 12.8. The first kappa shape index (κ1) is 15.0. The van der Waals surface area contributed by atoms with Crippen LogP contribution in [0, 0.1) is 0 Å². The second-order valence-corrected chi connectivity index (χ2v) is 5.36. The van der Waals surface area contributed by atoms with Crippen LogP contribution in [0.15, 0.2) is 42.5 Å². The second kappa shape index (κ2) is 6.04. The number of nitrogens with two attached hydrogens (primary N) is 1. The average Bonchev–Trinajstić information content (AvgIpc) is 2.99. The summed E-state index contributed by atoms with van der Waals surface area (Å²) in [6, 6.07) is 10.6. The Morgan fingerprint density at radius 1 is 1.35 bits per heavy atom. The number of fused-ring (bicyclic) bond motifs is 1. The van der Waals surface area contributed by atoms with Crippen LogP contribution < -0.4 is 15.4 Å². The first-order valence-corrected chi connectivity index (χ1v) is 7.34. The van der Waals surface area contributed by atoms with Crippen molar-refractivity contribution >= 4 is 23.4 Å². The van der Waals surface area contributed by atoms with Crippen molar-refractivity contribution in [3.05, 3.63) is 53.6 Å². The van der Waals surface area contributed by atoms with Crippen LogP contribution >= 0.6 is 0 Å². The van der Waals surface area contributed by atoms with Gasteiger partial charge in [-0.2, -0.15) is 0 Å². The average molecular weight is 310 g/mol. The third kappa shape index (κ3) is 2.85. The molecule has 0 atom stereocenters. The summed E-state index contributed by atoms with van der Waals surface area (Å²) < 4.78 is 5.06. The summed E-state index contributed by atoms with van der Waals surface area (Å²) in [6.45, 7) is 0.631. The molecule has 0 saturated carbocycles. The number of hydrogen-bond donors (Lipinski definition) is 2. The highest BCUT2D eigenvalue weighted by atomic mass is 16.5. The maximum absolute atomic E-state index is 12.5. The number of phenolic OH excluding ortho intramolecular Hbond substituents is 1. The quantitative estimate of drug-likeness (QED) is 0.675. The van der Waals surface area contributed by atoms with Crippen molar-refractivity contribution in [2.45, 2.75) is 6.42 Å². The summed E-state index contributed by atoms with van der Waals surface area (Å²) in [4.78, 5) is 14.2. The number of carbonyl (C=O) groups excluding carboxylic acids is 1. The molecular weight excluding hydrogens is 292 g/mol. The van der Waals surface area contributed by atoms with E-state index in [-0.39, 0.29) is 11.7 Å². The molecule has 118 valence electrons. The Labute approximate surface area is 134 Å². The van der Waals surface area contributed by atoms with Gasteiger partial charge >= 0.3 is 0 Å². The molecule has 0 saturated heterocycles. The van der Waals surface area contributed by atoms with E-state index in [1.54, 1.807) is 29.2 Å². The van der Waals surface area contributed by atoms with Gasteiger partial charge in [-0.1, -0.05) is 18.2 Å². The number of anilines is 2. The number of ether oxygens (including phenoxy) is 1. The Kier molecular flexibility index (Phi) is 3.93. The normalized spacial score (nSPS) is 13.3. The van der Waals surface area contributed by atoms with Crippen molar-refractivity contribution in [3.63, 3.8) is 0 Å². The van der Waals surface area contributed by atoms with Gasteiger partial charge in [-0.15, -0.1) is 0 Å². The van der Waals surface area contributed by atoms with E-state index in [0.717, 1.165) is 23.2 Å². The lowest BCUT2D eigenvalue weighted by atomic mass is 10.1. The van der Waals surface area contributed by atoms with Crippen LogP contribution in [0.5, 0.6) is 11.5 Å². The molecule has 2 aromatic rings. The van der Waals surface area contributed by atoms with Crippen LogP contribution in [0.2, 0.25) is 0 Å². The van der Waals surface area contributed by atoms with Gasteiger partial charge in [0.2, 0.25) is 0 Å². The Hall–Kier alpha value is -2.95. The zero-order valence-corrected chi connectivity index (χ0v) is 12.8. The van der Waals surface area contributed by atoms with Gasteiger partial charge < -0.3 is 20.5 Å². The summed E-state index contributed by atoms with van der Waals surface area (Å²) in [5, 5.41) is 9.59. The van der Waals surface area contributed by atoms with E-state index in [1.165, 1.54) is 19.3 Å². The molecule has 0 radical (unpaired) electrons. The number of methoxy groups -OCH3 is 1. The predicted octanol–water partition coefficient (Wildman–Crippen LogP) is 2.59. The molecule has 3 rings (SSSR count). The largest absolute Gasteiger partial charge is 0.504 e. The Balaban J connectivity index is 1.81. The fourth-order valence-corrected chi connectivity index (χ4v) is 2.76. The number of phenols is 1. The molecule has 5 heteroatoms. The summed E-state index contributed by atoms with van der Waals surface area (Å²) in [6.07, 6.45) is 4.02. The lowest BCUT2D eigenvalue weighted by molar-refractivity contribution is -0.114. The van der Waals surface area contributed by atoms with Crippen LogP contribution in [-0.2, 0) is 11.2 Å². The van der Waals surface area contributed by atoms with Crippen LogP contribution in [0.4, 0.5) is 11.4 Å². The van der Waals surface area contributed by atoms with Crippen LogP contribution in [0.3, 0.4) is 0 Å². The maximum atomic E-state index is 12.5. The van der Waals surface area contributed by atoms with E-state index in [1.807, 2.05) is 12.1 Å². The third-order valence-electron chi connectivity index (χ3n) is 3.91. The van der Waals surface area contributed by atoms with Gasteiger partial charge in [-0.25, -0.2) is 0 Å². The monoisotopic (exact) mass is 310 g/mol. The van der Waals surface area contributed by atoms with Gasteiger partial charge in [0.25, 0.3) is 5.91 Å². The summed E-state index contributed by atoms with van der Waals surface area (Å²) >= 11 is 0. The second-order valence-electron chi connectivity index (χ2n) is 5.36. The van der Waals surface area contributed by atoms with Crippen molar-refractivity contribution in [1.82, 2.24) is 0 Å². The molecule has 0 aromatic heterocycles. The van der Waals surface area contributed by atoms with E-state index >= 15 is 0 Å². The molecule has 0 bridgehead atoms. The number of amides is 1. The Morgan fingerprint density at radius 2 is 2.17 bits per heavy atom. The van der Waals surface area contributed by atoms with E-state index in [0.29, 0.717) is 18.0 Å². The molecule has 23 heavy (non-hydrogen) atoms. The fraction of sp³-hybridized carbons (Fsp3) is 0.167. The van der Waals surface area contributed by atoms with Crippen molar-refractivity contribution < 1.29 is 14.6 Å².